The first-order valence-corrected chi connectivity index (χ1v) is 11.7. The Hall–Kier alpha value is -1.33. The van der Waals surface area contributed by atoms with Gasteiger partial charge in [-0.25, -0.2) is 0 Å². The summed E-state index contributed by atoms with van der Waals surface area (Å²) in [5, 5.41) is 3.74. The zero-order chi connectivity index (χ0) is 18.1. The molecule has 2 aliphatic rings. The fourth-order valence-corrected chi connectivity index (χ4v) is 6.60. The van der Waals surface area contributed by atoms with Gasteiger partial charge in [0.1, 0.15) is 0 Å². The van der Waals surface area contributed by atoms with Crippen LogP contribution in [0.15, 0.2) is 58.8 Å². The van der Waals surface area contributed by atoms with E-state index in [4.69, 9.17) is 4.74 Å². The fraction of sp³-hybridized carbons (Fsp3) is 0.391. The Bertz CT molecular complexity index is 927. The highest BCUT2D eigenvalue weighted by molar-refractivity contribution is 7.99. The van der Waals surface area contributed by atoms with Gasteiger partial charge in [0, 0.05) is 33.5 Å². The van der Waals surface area contributed by atoms with Crippen LogP contribution >= 0.6 is 23.1 Å². The third-order valence-electron chi connectivity index (χ3n) is 6.00. The van der Waals surface area contributed by atoms with Gasteiger partial charge < -0.3 is 9.64 Å². The molecule has 2 aliphatic heterocycles. The molecule has 1 saturated heterocycles. The van der Waals surface area contributed by atoms with Crippen LogP contribution in [0.1, 0.15) is 30.4 Å². The molecule has 5 rings (SSSR count). The summed E-state index contributed by atoms with van der Waals surface area (Å²) in [5.41, 5.74) is 2.84. The van der Waals surface area contributed by atoms with E-state index in [1.54, 1.807) is 0 Å². The van der Waals surface area contributed by atoms with Gasteiger partial charge >= 0.3 is 0 Å². The molecule has 1 spiro atoms. The van der Waals surface area contributed by atoms with Crippen molar-refractivity contribution in [2.24, 2.45) is 0 Å². The van der Waals surface area contributed by atoms with E-state index < -0.39 is 0 Å². The molecule has 0 atom stereocenters. The first-order chi connectivity index (χ1) is 13.3. The minimum atomic E-state index is -0.00254. The molecule has 1 aromatic heterocycles. The van der Waals surface area contributed by atoms with Crippen molar-refractivity contribution in [2.75, 3.05) is 25.4 Å². The molecule has 27 heavy (non-hydrogen) atoms. The number of thioether (sulfide) groups is 1. The second-order valence-electron chi connectivity index (χ2n) is 7.58. The number of thiophene rings is 1. The van der Waals surface area contributed by atoms with E-state index in [2.05, 4.69) is 58.8 Å². The van der Waals surface area contributed by atoms with E-state index in [-0.39, 0.29) is 5.60 Å². The number of hydrogen-bond donors (Lipinski definition) is 0. The molecule has 0 saturated carbocycles. The normalized spacial score (nSPS) is 19.0. The minimum Gasteiger partial charge on any atom is -0.365 e. The third-order valence-corrected chi connectivity index (χ3v) is 8.25. The molecule has 0 aliphatic carbocycles. The van der Waals surface area contributed by atoms with E-state index in [9.17, 15) is 0 Å². The van der Waals surface area contributed by atoms with Crippen molar-refractivity contribution in [3.05, 3.63) is 65.0 Å². The smallest absolute Gasteiger partial charge is 0.0963 e. The Morgan fingerprint density at radius 1 is 1.04 bits per heavy atom. The van der Waals surface area contributed by atoms with Gasteiger partial charge in [-0.15, -0.1) is 23.1 Å². The van der Waals surface area contributed by atoms with Crippen LogP contribution < -0.4 is 0 Å². The van der Waals surface area contributed by atoms with Crippen LogP contribution in [0.2, 0.25) is 0 Å². The number of fused-ring (bicyclic) bond motifs is 3. The van der Waals surface area contributed by atoms with Crippen LogP contribution in [0, 0.1) is 0 Å². The van der Waals surface area contributed by atoms with E-state index >= 15 is 0 Å². The van der Waals surface area contributed by atoms with Gasteiger partial charge in [-0.05, 0) is 48.8 Å². The largest absolute Gasteiger partial charge is 0.365 e. The van der Waals surface area contributed by atoms with Crippen molar-refractivity contribution in [1.82, 2.24) is 4.90 Å². The zero-order valence-electron chi connectivity index (χ0n) is 15.5. The molecule has 0 N–H and O–H groups in total. The standard InChI is InChI=1S/C23H25NOS2/c1-3-8-20-18(6-1)16-25-23(20)10-13-24(14-11-23)12-5-15-26-22-17-27-21-9-4-2-7-19(21)22/h1-4,6-9,17H,5,10-16H2. The van der Waals surface area contributed by atoms with Crippen molar-refractivity contribution >= 4 is 33.2 Å². The second kappa shape index (κ2) is 7.59. The predicted molar refractivity (Wildman–Crippen MR) is 116 cm³/mol. The summed E-state index contributed by atoms with van der Waals surface area (Å²) >= 11 is 3.87. The lowest BCUT2D eigenvalue weighted by molar-refractivity contribution is -0.0786. The van der Waals surface area contributed by atoms with Gasteiger partial charge in [0.15, 0.2) is 0 Å². The summed E-state index contributed by atoms with van der Waals surface area (Å²) in [4.78, 5) is 4.08. The van der Waals surface area contributed by atoms with Crippen LogP contribution in [-0.2, 0) is 16.9 Å². The number of hydrogen-bond acceptors (Lipinski definition) is 4. The Morgan fingerprint density at radius 2 is 1.85 bits per heavy atom. The maximum Gasteiger partial charge on any atom is 0.0963 e. The average molecular weight is 396 g/mol. The van der Waals surface area contributed by atoms with Crippen LogP contribution in [0.3, 0.4) is 0 Å². The van der Waals surface area contributed by atoms with Gasteiger partial charge in [0.05, 0.1) is 12.2 Å². The Morgan fingerprint density at radius 3 is 2.78 bits per heavy atom. The number of likely N-dealkylation sites (tertiary alicyclic amines) is 1. The summed E-state index contributed by atoms with van der Waals surface area (Å²) in [6, 6.07) is 17.5. The maximum atomic E-state index is 6.29. The maximum absolute atomic E-state index is 6.29. The molecule has 140 valence electrons. The van der Waals surface area contributed by atoms with Crippen molar-refractivity contribution < 1.29 is 4.74 Å². The molecule has 4 heteroatoms. The first-order valence-electron chi connectivity index (χ1n) is 9.88. The molecule has 0 unspecified atom stereocenters. The highest BCUT2D eigenvalue weighted by atomic mass is 32.2. The van der Waals surface area contributed by atoms with Gasteiger partial charge in [-0.1, -0.05) is 42.5 Å². The molecule has 0 bridgehead atoms. The zero-order valence-corrected chi connectivity index (χ0v) is 17.2. The third kappa shape index (κ3) is 3.44. The van der Waals surface area contributed by atoms with E-state index in [1.165, 1.54) is 44.8 Å². The van der Waals surface area contributed by atoms with Crippen LogP contribution in [0.25, 0.3) is 10.1 Å². The minimum absolute atomic E-state index is 0.00254. The number of piperidine rings is 1. The molecule has 3 heterocycles. The molecule has 1 fully saturated rings. The predicted octanol–water partition coefficient (Wildman–Crippen LogP) is 5.91. The van der Waals surface area contributed by atoms with E-state index in [1.807, 2.05) is 23.1 Å². The van der Waals surface area contributed by atoms with Gasteiger partial charge in [-0.3, -0.25) is 0 Å². The monoisotopic (exact) mass is 395 g/mol. The Balaban J connectivity index is 1.11. The lowest BCUT2D eigenvalue weighted by atomic mass is 9.84. The summed E-state index contributed by atoms with van der Waals surface area (Å²) < 4.78 is 7.69. The van der Waals surface area contributed by atoms with Gasteiger partial charge in [0.25, 0.3) is 0 Å². The quantitative estimate of drug-likeness (QED) is 0.394. The molecule has 3 aromatic rings. The fourth-order valence-electron chi connectivity index (χ4n) is 4.47. The van der Waals surface area contributed by atoms with Crippen molar-refractivity contribution in [3.8, 4) is 0 Å². The van der Waals surface area contributed by atoms with Crippen LogP contribution in [-0.4, -0.2) is 30.3 Å². The Kier molecular flexibility index (Phi) is 4.99. The average Bonchev–Trinajstić information content (AvgIpc) is 3.29. The molecular weight excluding hydrogens is 370 g/mol. The van der Waals surface area contributed by atoms with Crippen molar-refractivity contribution in [2.45, 2.75) is 36.4 Å². The summed E-state index contributed by atoms with van der Waals surface area (Å²) in [6.45, 7) is 4.30. The molecular formula is C23H25NOS2. The first kappa shape index (κ1) is 17.7. The molecule has 0 radical (unpaired) electrons. The molecule has 2 nitrogen and oxygen atoms in total. The lowest BCUT2D eigenvalue weighted by Crippen LogP contribution is -2.42. The number of rotatable bonds is 5. The summed E-state index contributed by atoms with van der Waals surface area (Å²) in [6.07, 6.45) is 3.51. The molecule has 2 aromatic carbocycles. The van der Waals surface area contributed by atoms with Gasteiger partial charge in [0.2, 0.25) is 0 Å². The SMILES string of the molecule is c1ccc2c(c1)COC21CCN(CCCSc2csc3ccccc23)CC1. The number of ether oxygens (including phenoxy) is 1. The highest BCUT2D eigenvalue weighted by Crippen LogP contribution is 2.44. The van der Waals surface area contributed by atoms with Crippen LogP contribution in [0.5, 0.6) is 0 Å². The topological polar surface area (TPSA) is 12.5 Å². The lowest BCUT2D eigenvalue weighted by Gasteiger charge is -2.39. The van der Waals surface area contributed by atoms with Gasteiger partial charge in [-0.2, -0.15) is 0 Å². The summed E-state index contributed by atoms with van der Waals surface area (Å²) in [7, 11) is 0. The number of nitrogens with zero attached hydrogens (tertiary/aromatic N) is 1. The number of benzene rings is 2. The van der Waals surface area contributed by atoms with E-state index in [0.717, 1.165) is 32.5 Å². The highest BCUT2D eigenvalue weighted by Gasteiger charge is 2.42. The van der Waals surface area contributed by atoms with Crippen LogP contribution in [0.4, 0.5) is 0 Å². The van der Waals surface area contributed by atoms with Crippen molar-refractivity contribution in [3.63, 3.8) is 0 Å². The Labute approximate surface area is 169 Å². The molecule has 0 amide bonds. The van der Waals surface area contributed by atoms with E-state index in [0.29, 0.717) is 0 Å². The van der Waals surface area contributed by atoms with Crippen molar-refractivity contribution in [1.29, 1.82) is 0 Å². The summed E-state index contributed by atoms with van der Waals surface area (Å²) in [5.74, 6) is 1.20. The second-order valence-corrected chi connectivity index (χ2v) is 9.63.